The smallest absolute Gasteiger partial charge is 0.368 e. The molecule has 0 amide bonds. The molecule has 2 aromatic heterocycles. The zero-order chi connectivity index (χ0) is 14.0. The van der Waals surface area contributed by atoms with Crippen LogP contribution in [0.25, 0.3) is 0 Å². The number of hydrogen-bond acceptors (Lipinski definition) is 7. The van der Waals surface area contributed by atoms with Gasteiger partial charge in [0.2, 0.25) is 11.8 Å². The summed E-state index contributed by atoms with van der Waals surface area (Å²) in [5.41, 5.74) is 4.09. The van der Waals surface area contributed by atoms with Gasteiger partial charge in [-0.25, -0.2) is 4.98 Å². The summed E-state index contributed by atoms with van der Waals surface area (Å²) in [6, 6.07) is 0.750. The molecule has 0 unspecified atom stereocenters. The molecule has 19 heavy (non-hydrogen) atoms. The van der Waals surface area contributed by atoms with E-state index in [1.165, 1.54) is 0 Å². The second-order valence-corrected chi connectivity index (χ2v) is 3.58. The molecule has 7 nitrogen and oxygen atoms in total. The fraction of sp³-hybridized carbons (Fsp3) is 0.333. The van der Waals surface area contributed by atoms with Gasteiger partial charge >= 0.3 is 6.18 Å². The van der Waals surface area contributed by atoms with Gasteiger partial charge in [0.25, 0.3) is 0 Å². The highest BCUT2D eigenvalue weighted by Gasteiger charge is 2.33. The fourth-order valence-corrected chi connectivity index (χ4v) is 1.28. The maximum absolute atomic E-state index is 12.5. The Balaban J connectivity index is 2.14. The molecule has 0 fully saturated rings. The van der Waals surface area contributed by atoms with Gasteiger partial charge in [0.1, 0.15) is 5.82 Å². The summed E-state index contributed by atoms with van der Waals surface area (Å²) in [4.78, 5) is 10.6. The van der Waals surface area contributed by atoms with Gasteiger partial charge in [-0.1, -0.05) is 5.16 Å². The lowest BCUT2D eigenvalue weighted by atomic mass is 10.3. The molecule has 0 radical (unpaired) electrons. The zero-order valence-corrected chi connectivity index (χ0v) is 9.69. The average molecular weight is 274 g/mol. The lowest BCUT2D eigenvalue weighted by Gasteiger charge is -2.09. The van der Waals surface area contributed by atoms with Crippen molar-refractivity contribution in [3.8, 4) is 0 Å². The lowest BCUT2D eigenvalue weighted by Crippen LogP contribution is -2.13. The summed E-state index contributed by atoms with van der Waals surface area (Å²) < 4.78 is 42.3. The number of rotatable bonds is 3. The number of aromatic nitrogens is 4. The van der Waals surface area contributed by atoms with Gasteiger partial charge in [-0.15, -0.1) is 0 Å². The topological polar surface area (TPSA) is 103 Å². The first-order chi connectivity index (χ1) is 8.84. The van der Waals surface area contributed by atoms with E-state index < -0.39 is 17.8 Å². The number of nitrogens with one attached hydrogen (secondary N) is 1. The number of halogens is 3. The molecule has 0 saturated carbocycles. The van der Waals surface area contributed by atoms with Crippen molar-refractivity contribution >= 4 is 11.8 Å². The third kappa shape index (κ3) is 3.30. The monoisotopic (exact) mass is 274 g/mol. The number of nitrogens with two attached hydrogens (primary N) is 1. The van der Waals surface area contributed by atoms with Gasteiger partial charge in [0.15, 0.2) is 11.5 Å². The Bertz CT molecular complexity index is 582. The predicted octanol–water partition coefficient (Wildman–Crippen LogP) is 1.38. The second-order valence-electron chi connectivity index (χ2n) is 3.58. The highest BCUT2D eigenvalue weighted by molar-refractivity contribution is 5.41. The lowest BCUT2D eigenvalue weighted by molar-refractivity contribution is -0.141. The van der Waals surface area contributed by atoms with Gasteiger partial charge in [-0.2, -0.15) is 23.1 Å². The van der Waals surface area contributed by atoms with Crippen molar-refractivity contribution in [1.82, 2.24) is 20.1 Å². The fourth-order valence-electron chi connectivity index (χ4n) is 1.28. The predicted molar refractivity (Wildman–Crippen MR) is 57.8 cm³/mol. The van der Waals surface area contributed by atoms with Crippen molar-refractivity contribution in [1.29, 1.82) is 0 Å². The highest BCUT2D eigenvalue weighted by Crippen LogP contribution is 2.29. The number of nitrogens with zero attached hydrogens (tertiary/aromatic N) is 4. The third-order valence-corrected chi connectivity index (χ3v) is 2.02. The van der Waals surface area contributed by atoms with Gasteiger partial charge in [0.05, 0.1) is 6.54 Å². The number of alkyl halides is 3. The molecule has 0 saturated heterocycles. The molecule has 0 aromatic carbocycles. The molecule has 10 heteroatoms. The van der Waals surface area contributed by atoms with Crippen LogP contribution in [-0.2, 0) is 12.7 Å². The summed E-state index contributed by atoms with van der Waals surface area (Å²) >= 11 is 0. The summed E-state index contributed by atoms with van der Waals surface area (Å²) in [5.74, 6) is 0.105. The van der Waals surface area contributed by atoms with E-state index in [2.05, 4.69) is 25.4 Å². The number of aryl methyl sites for hydroxylation is 1. The van der Waals surface area contributed by atoms with Crippen molar-refractivity contribution in [2.45, 2.75) is 19.6 Å². The van der Waals surface area contributed by atoms with Crippen molar-refractivity contribution in [3.63, 3.8) is 0 Å². The molecule has 2 rings (SSSR count). The Kier molecular flexibility index (Phi) is 3.23. The first-order valence-electron chi connectivity index (χ1n) is 5.09. The van der Waals surface area contributed by atoms with Crippen LogP contribution in [0, 0.1) is 6.92 Å². The zero-order valence-electron chi connectivity index (χ0n) is 9.69. The van der Waals surface area contributed by atoms with Crippen molar-refractivity contribution in [2.24, 2.45) is 0 Å². The van der Waals surface area contributed by atoms with E-state index in [9.17, 15) is 13.2 Å². The average Bonchev–Trinajstić information content (AvgIpc) is 2.71. The van der Waals surface area contributed by atoms with Crippen LogP contribution in [0.5, 0.6) is 0 Å². The van der Waals surface area contributed by atoms with Crippen LogP contribution in [-0.4, -0.2) is 20.1 Å². The summed E-state index contributed by atoms with van der Waals surface area (Å²) in [6.45, 7) is 1.66. The summed E-state index contributed by atoms with van der Waals surface area (Å²) in [5, 5.41) is 6.14. The number of nitrogen functional groups attached to an aromatic ring is 1. The van der Waals surface area contributed by atoms with Gasteiger partial charge < -0.3 is 15.6 Å². The first-order valence-corrected chi connectivity index (χ1v) is 5.09. The Morgan fingerprint density at radius 3 is 2.63 bits per heavy atom. The van der Waals surface area contributed by atoms with E-state index in [-0.39, 0.29) is 18.3 Å². The van der Waals surface area contributed by atoms with Crippen LogP contribution in [0.3, 0.4) is 0 Å². The molecule has 2 aromatic rings. The first kappa shape index (κ1) is 13.1. The van der Waals surface area contributed by atoms with Crippen molar-refractivity contribution < 1.29 is 17.7 Å². The molecular weight excluding hydrogens is 265 g/mol. The standard InChI is InChI=1S/C9H9F3N6O/c1-4-15-7(19-18-4)3-14-6-2-5(9(10,11)12)16-8(13)17-6/h2H,3H2,1H3,(H3,13,14,16,17). The highest BCUT2D eigenvalue weighted by atomic mass is 19.4. The molecule has 0 spiro atoms. The number of hydrogen-bond donors (Lipinski definition) is 2. The Morgan fingerprint density at radius 2 is 2.05 bits per heavy atom. The van der Waals surface area contributed by atoms with Crippen LogP contribution in [0.15, 0.2) is 10.6 Å². The van der Waals surface area contributed by atoms with Crippen LogP contribution >= 0.6 is 0 Å². The molecule has 102 valence electrons. The maximum Gasteiger partial charge on any atom is 0.433 e. The minimum atomic E-state index is -4.59. The molecule has 0 aliphatic carbocycles. The van der Waals surface area contributed by atoms with E-state index in [0.29, 0.717) is 5.82 Å². The minimum Gasteiger partial charge on any atom is -0.368 e. The largest absolute Gasteiger partial charge is 0.433 e. The number of anilines is 2. The second kappa shape index (κ2) is 4.71. The van der Waals surface area contributed by atoms with Crippen LogP contribution < -0.4 is 11.1 Å². The quantitative estimate of drug-likeness (QED) is 0.871. The van der Waals surface area contributed by atoms with E-state index in [0.717, 1.165) is 6.07 Å². The van der Waals surface area contributed by atoms with Crippen molar-refractivity contribution in [3.05, 3.63) is 23.5 Å². The van der Waals surface area contributed by atoms with Crippen LogP contribution in [0.4, 0.5) is 24.9 Å². The van der Waals surface area contributed by atoms with Crippen LogP contribution in [0.2, 0.25) is 0 Å². The van der Waals surface area contributed by atoms with E-state index in [4.69, 9.17) is 10.3 Å². The van der Waals surface area contributed by atoms with Gasteiger partial charge in [0, 0.05) is 6.07 Å². The summed E-state index contributed by atoms with van der Waals surface area (Å²) in [6.07, 6.45) is -4.59. The van der Waals surface area contributed by atoms with E-state index in [1.54, 1.807) is 6.92 Å². The summed E-state index contributed by atoms with van der Waals surface area (Å²) in [7, 11) is 0. The Labute approximate surface area is 105 Å². The normalized spacial score (nSPS) is 11.6. The third-order valence-electron chi connectivity index (χ3n) is 2.02. The minimum absolute atomic E-state index is 0.0363. The molecule has 0 atom stereocenters. The molecule has 3 N–H and O–H groups in total. The van der Waals surface area contributed by atoms with Crippen molar-refractivity contribution in [2.75, 3.05) is 11.1 Å². The SMILES string of the molecule is Cc1noc(CNc2cc(C(F)(F)F)nc(N)n2)n1. The van der Waals surface area contributed by atoms with E-state index in [1.807, 2.05) is 0 Å². The Hall–Kier alpha value is -2.39. The van der Waals surface area contributed by atoms with Gasteiger partial charge in [-0.3, -0.25) is 0 Å². The van der Waals surface area contributed by atoms with Crippen LogP contribution in [0.1, 0.15) is 17.4 Å². The van der Waals surface area contributed by atoms with Gasteiger partial charge in [-0.05, 0) is 6.92 Å². The molecule has 0 aliphatic heterocycles. The molecule has 2 heterocycles. The molecular formula is C9H9F3N6O. The molecule has 0 bridgehead atoms. The maximum atomic E-state index is 12.5. The molecule has 0 aliphatic rings. The van der Waals surface area contributed by atoms with E-state index >= 15 is 0 Å². The Morgan fingerprint density at radius 1 is 1.32 bits per heavy atom.